The summed E-state index contributed by atoms with van der Waals surface area (Å²) >= 11 is 3.53. The molecule has 1 rings (SSSR count). The fraction of sp³-hybridized carbons (Fsp3) is 0.500. The summed E-state index contributed by atoms with van der Waals surface area (Å²) in [6.07, 6.45) is 0.928. The van der Waals surface area contributed by atoms with Crippen LogP contribution in [0.3, 0.4) is 0 Å². The smallest absolute Gasteiger partial charge is 0.123 e. The minimum Gasteiger partial charge on any atom is -0.496 e. The topological polar surface area (TPSA) is 29.5 Å². The van der Waals surface area contributed by atoms with Gasteiger partial charge in [-0.05, 0) is 24.1 Å². The van der Waals surface area contributed by atoms with Gasteiger partial charge in [-0.25, -0.2) is 0 Å². The average Bonchev–Trinajstić information content (AvgIpc) is 2.26. The van der Waals surface area contributed by atoms with Crippen molar-refractivity contribution >= 4 is 15.9 Å². The number of hydrogen-bond donors (Lipinski definition) is 1. The predicted molar refractivity (Wildman–Crippen MR) is 65.6 cm³/mol. The number of halogens is 1. The highest BCUT2D eigenvalue weighted by Crippen LogP contribution is 2.32. The van der Waals surface area contributed by atoms with Gasteiger partial charge in [-0.3, -0.25) is 0 Å². The van der Waals surface area contributed by atoms with Gasteiger partial charge in [0.2, 0.25) is 0 Å². The van der Waals surface area contributed by atoms with E-state index < -0.39 is 0 Å². The highest BCUT2D eigenvalue weighted by atomic mass is 79.9. The second-order valence-corrected chi connectivity index (χ2v) is 4.48. The SMILES string of the molecule is CCc1c(Br)cc(C(C)CO)cc1OC. The summed E-state index contributed by atoms with van der Waals surface area (Å²) in [6.45, 7) is 4.24. The molecule has 0 aliphatic carbocycles. The van der Waals surface area contributed by atoms with Crippen molar-refractivity contribution in [2.75, 3.05) is 13.7 Å². The molecule has 84 valence electrons. The first-order valence-corrected chi connectivity index (χ1v) is 5.90. The standard InChI is InChI=1S/C12H17BrO2/c1-4-10-11(13)5-9(8(2)7-14)6-12(10)15-3/h5-6,8,14H,4,7H2,1-3H3. The van der Waals surface area contributed by atoms with Crippen LogP contribution in [-0.4, -0.2) is 18.8 Å². The molecule has 15 heavy (non-hydrogen) atoms. The van der Waals surface area contributed by atoms with Crippen molar-refractivity contribution in [3.8, 4) is 5.75 Å². The van der Waals surface area contributed by atoms with Crippen LogP contribution < -0.4 is 4.74 Å². The summed E-state index contributed by atoms with van der Waals surface area (Å²) in [6, 6.07) is 4.06. The van der Waals surface area contributed by atoms with Crippen LogP contribution in [0.5, 0.6) is 5.75 Å². The maximum atomic E-state index is 9.11. The fourth-order valence-corrected chi connectivity index (χ4v) is 2.29. The molecule has 0 bridgehead atoms. The van der Waals surface area contributed by atoms with E-state index in [4.69, 9.17) is 9.84 Å². The van der Waals surface area contributed by atoms with E-state index in [1.165, 1.54) is 5.56 Å². The Labute approximate surface area is 99.4 Å². The molecule has 1 aromatic rings. The quantitative estimate of drug-likeness (QED) is 0.913. The number of rotatable bonds is 4. The van der Waals surface area contributed by atoms with E-state index in [0.29, 0.717) is 0 Å². The van der Waals surface area contributed by atoms with Crippen molar-refractivity contribution in [2.45, 2.75) is 26.2 Å². The third kappa shape index (κ3) is 2.73. The van der Waals surface area contributed by atoms with Gasteiger partial charge in [-0.15, -0.1) is 0 Å². The fourth-order valence-electron chi connectivity index (χ4n) is 1.55. The first kappa shape index (κ1) is 12.5. The van der Waals surface area contributed by atoms with Gasteiger partial charge in [0.1, 0.15) is 5.75 Å². The van der Waals surface area contributed by atoms with E-state index in [-0.39, 0.29) is 12.5 Å². The van der Waals surface area contributed by atoms with Crippen LogP contribution in [0.2, 0.25) is 0 Å². The molecular weight excluding hydrogens is 256 g/mol. The number of aliphatic hydroxyl groups is 1. The Morgan fingerprint density at radius 2 is 2.13 bits per heavy atom. The van der Waals surface area contributed by atoms with E-state index in [1.807, 2.05) is 13.0 Å². The molecule has 1 atom stereocenters. The maximum absolute atomic E-state index is 9.11. The first-order valence-electron chi connectivity index (χ1n) is 5.11. The molecule has 1 unspecified atom stereocenters. The zero-order chi connectivity index (χ0) is 11.4. The molecule has 0 fully saturated rings. The molecule has 1 aromatic carbocycles. The molecule has 0 saturated heterocycles. The van der Waals surface area contributed by atoms with Gasteiger partial charge in [-0.2, -0.15) is 0 Å². The molecule has 2 nitrogen and oxygen atoms in total. The second kappa shape index (κ2) is 5.52. The summed E-state index contributed by atoms with van der Waals surface area (Å²) in [5.41, 5.74) is 2.27. The van der Waals surface area contributed by atoms with E-state index in [9.17, 15) is 0 Å². The van der Waals surface area contributed by atoms with Crippen molar-refractivity contribution in [1.29, 1.82) is 0 Å². The lowest BCUT2D eigenvalue weighted by molar-refractivity contribution is 0.272. The zero-order valence-corrected chi connectivity index (χ0v) is 11.0. The Morgan fingerprint density at radius 3 is 2.60 bits per heavy atom. The molecule has 0 spiro atoms. The Kier molecular flexibility index (Phi) is 4.61. The summed E-state index contributed by atoms with van der Waals surface area (Å²) < 4.78 is 6.40. The van der Waals surface area contributed by atoms with E-state index >= 15 is 0 Å². The minimum atomic E-state index is 0.140. The Bertz CT molecular complexity index is 337. The van der Waals surface area contributed by atoms with Crippen LogP contribution >= 0.6 is 15.9 Å². The summed E-state index contributed by atoms with van der Waals surface area (Å²) in [7, 11) is 1.67. The van der Waals surface area contributed by atoms with Gasteiger partial charge in [0.15, 0.2) is 0 Å². The average molecular weight is 273 g/mol. The van der Waals surface area contributed by atoms with Crippen molar-refractivity contribution in [3.05, 3.63) is 27.7 Å². The van der Waals surface area contributed by atoms with Crippen LogP contribution in [0.25, 0.3) is 0 Å². The zero-order valence-electron chi connectivity index (χ0n) is 9.38. The first-order chi connectivity index (χ1) is 7.13. The summed E-state index contributed by atoms with van der Waals surface area (Å²) in [5, 5.41) is 9.11. The molecule has 1 N–H and O–H groups in total. The summed E-state index contributed by atoms with van der Waals surface area (Å²) in [5.74, 6) is 1.03. The van der Waals surface area contributed by atoms with Crippen LogP contribution in [0.4, 0.5) is 0 Å². The van der Waals surface area contributed by atoms with Gasteiger partial charge in [0.05, 0.1) is 7.11 Å². The second-order valence-electron chi connectivity index (χ2n) is 3.62. The van der Waals surface area contributed by atoms with Crippen LogP contribution in [0, 0.1) is 0 Å². The Morgan fingerprint density at radius 1 is 1.47 bits per heavy atom. The van der Waals surface area contributed by atoms with Crippen molar-refractivity contribution in [1.82, 2.24) is 0 Å². The normalized spacial score (nSPS) is 12.6. The van der Waals surface area contributed by atoms with Gasteiger partial charge < -0.3 is 9.84 Å². The van der Waals surface area contributed by atoms with Crippen LogP contribution in [0.1, 0.15) is 30.9 Å². The lowest BCUT2D eigenvalue weighted by Gasteiger charge is -2.14. The molecule has 0 aliphatic heterocycles. The van der Waals surface area contributed by atoms with Crippen LogP contribution in [0.15, 0.2) is 16.6 Å². The Hall–Kier alpha value is -0.540. The summed E-state index contributed by atoms with van der Waals surface area (Å²) in [4.78, 5) is 0. The third-order valence-corrected chi connectivity index (χ3v) is 3.30. The Balaban J connectivity index is 3.19. The number of hydrogen-bond acceptors (Lipinski definition) is 2. The molecule has 0 aliphatic rings. The van der Waals surface area contributed by atoms with Gasteiger partial charge in [-0.1, -0.05) is 29.8 Å². The largest absolute Gasteiger partial charge is 0.496 e. The van der Waals surface area contributed by atoms with Crippen molar-refractivity contribution in [2.24, 2.45) is 0 Å². The van der Waals surface area contributed by atoms with E-state index in [1.54, 1.807) is 7.11 Å². The van der Waals surface area contributed by atoms with Gasteiger partial charge in [0, 0.05) is 22.6 Å². The third-order valence-electron chi connectivity index (χ3n) is 2.59. The van der Waals surface area contributed by atoms with Gasteiger partial charge in [0.25, 0.3) is 0 Å². The van der Waals surface area contributed by atoms with E-state index in [0.717, 1.165) is 22.2 Å². The lowest BCUT2D eigenvalue weighted by atomic mass is 9.99. The number of ether oxygens (including phenoxy) is 1. The molecular formula is C12H17BrO2. The lowest BCUT2D eigenvalue weighted by Crippen LogP contribution is -2.01. The number of aliphatic hydroxyl groups excluding tert-OH is 1. The molecule has 0 heterocycles. The monoisotopic (exact) mass is 272 g/mol. The van der Waals surface area contributed by atoms with Gasteiger partial charge >= 0.3 is 0 Å². The molecule has 0 radical (unpaired) electrons. The van der Waals surface area contributed by atoms with E-state index in [2.05, 4.69) is 28.9 Å². The highest BCUT2D eigenvalue weighted by Gasteiger charge is 2.11. The molecule has 0 saturated carbocycles. The molecule has 0 aromatic heterocycles. The molecule has 0 amide bonds. The maximum Gasteiger partial charge on any atom is 0.123 e. The van der Waals surface area contributed by atoms with Crippen LogP contribution in [-0.2, 0) is 6.42 Å². The number of methoxy groups -OCH3 is 1. The van der Waals surface area contributed by atoms with Crippen molar-refractivity contribution < 1.29 is 9.84 Å². The minimum absolute atomic E-state index is 0.140. The highest BCUT2D eigenvalue weighted by molar-refractivity contribution is 9.10. The van der Waals surface area contributed by atoms with Crippen molar-refractivity contribution in [3.63, 3.8) is 0 Å². The number of benzene rings is 1. The molecule has 3 heteroatoms. The predicted octanol–water partition coefficient (Wildman–Crippen LogP) is 3.12.